The number of pyridine rings is 1. The number of halogens is 2. The van der Waals surface area contributed by atoms with Gasteiger partial charge in [0.15, 0.2) is 17.5 Å². The molecule has 0 amide bonds. The molecule has 3 N–H and O–H groups in total. The lowest BCUT2D eigenvalue weighted by Crippen LogP contribution is -2.17. The van der Waals surface area contributed by atoms with E-state index in [1.165, 1.54) is 0 Å². The number of hydrogen-bond donors (Lipinski definition) is 2. The van der Waals surface area contributed by atoms with Crippen molar-refractivity contribution in [2.24, 2.45) is 10.9 Å². The Morgan fingerprint density at radius 2 is 2.25 bits per heavy atom. The van der Waals surface area contributed by atoms with Gasteiger partial charge in [0.1, 0.15) is 5.69 Å². The fraction of sp³-hybridized carbons (Fsp3) is 0. The van der Waals surface area contributed by atoms with Crippen LogP contribution in [0.2, 0.25) is 0 Å². The minimum absolute atomic E-state index is 0.502. The normalized spacial score (nSPS) is 11.7. The van der Waals surface area contributed by atoms with Crippen LogP contribution in [0.15, 0.2) is 17.4 Å². The standard InChI is InChI=1S/C6H5F2N3O/c7-3-1-2-10-5(4(3)8)6(9)11-12/h1-2,12H,(H2,9,11). The summed E-state index contributed by atoms with van der Waals surface area (Å²) in [6, 6.07) is 0.837. The van der Waals surface area contributed by atoms with Crippen LogP contribution >= 0.6 is 0 Å². The van der Waals surface area contributed by atoms with Crippen LogP contribution in [0.1, 0.15) is 5.69 Å². The third kappa shape index (κ3) is 1.31. The van der Waals surface area contributed by atoms with E-state index in [4.69, 9.17) is 10.9 Å². The van der Waals surface area contributed by atoms with Gasteiger partial charge in [0.25, 0.3) is 0 Å². The second kappa shape index (κ2) is 3.12. The average Bonchev–Trinajstić information content (AvgIpc) is 2.08. The number of aromatic nitrogens is 1. The maximum Gasteiger partial charge on any atom is 0.191 e. The van der Waals surface area contributed by atoms with Crippen molar-refractivity contribution in [1.82, 2.24) is 4.98 Å². The molecular weight excluding hydrogens is 168 g/mol. The molecular formula is C6H5F2N3O. The first-order valence-electron chi connectivity index (χ1n) is 2.94. The Kier molecular flexibility index (Phi) is 2.18. The zero-order valence-electron chi connectivity index (χ0n) is 5.83. The number of amidine groups is 1. The summed E-state index contributed by atoms with van der Waals surface area (Å²) in [5, 5.41) is 10.6. The van der Waals surface area contributed by atoms with Gasteiger partial charge in [-0.25, -0.2) is 13.8 Å². The Morgan fingerprint density at radius 1 is 1.58 bits per heavy atom. The molecule has 1 rings (SSSR count). The lowest BCUT2D eigenvalue weighted by Gasteiger charge is -1.98. The van der Waals surface area contributed by atoms with Gasteiger partial charge in [-0.15, -0.1) is 0 Å². The van der Waals surface area contributed by atoms with E-state index in [1.54, 1.807) is 0 Å². The van der Waals surface area contributed by atoms with Crippen molar-refractivity contribution in [3.8, 4) is 0 Å². The molecule has 0 saturated heterocycles. The summed E-state index contributed by atoms with van der Waals surface area (Å²) in [5.41, 5.74) is 4.49. The van der Waals surface area contributed by atoms with E-state index < -0.39 is 23.2 Å². The lowest BCUT2D eigenvalue weighted by molar-refractivity contribution is 0.318. The van der Waals surface area contributed by atoms with Crippen LogP contribution in [0.4, 0.5) is 8.78 Å². The van der Waals surface area contributed by atoms with E-state index in [0.29, 0.717) is 0 Å². The third-order valence-electron chi connectivity index (χ3n) is 1.19. The van der Waals surface area contributed by atoms with Crippen LogP contribution in [-0.4, -0.2) is 16.0 Å². The predicted octanol–water partition coefficient (Wildman–Crippen LogP) is 0.454. The summed E-state index contributed by atoms with van der Waals surface area (Å²) in [4.78, 5) is 3.38. The topological polar surface area (TPSA) is 71.5 Å². The third-order valence-corrected chi connectivity index (χ3v) is 1.19. The Bertz CT molecular complexity index is 327. The summed E-state index contributed by atoms with van der Waals surface area (Å²) in [7, 11) is 0. The molecule has 6 heteroatoms. The molecule has 0 aliphatic heterocycles. The molecule has 0 aliphatic rings. The van der Waals surface area contributed by atoms with E-state index in [2.05, 4.69) is 10.1 Å². The minimum atomic E-state index is -1.23. The molecule has 12 heavy (non-hydrogen) atoms. The van der Waals surface area contributed by atoms with Crippen molar-refractivity contribution < 1.29 is 14.0 Å². The SMILES string of the molecule is NC(=NO)c1nccc(F)c1F. The Balaban J connectivity index is 3.26. The van der Waals surface area contributed by atoms with Crippen LogP contribution < -0.4 is 5.73 Å². The molecule has 0 aromatic carbocycles. The van der Waals surface area contributed by atoms with Crippen molar-refractivity contribution in [3.05, 3.63) is 29.6 Å². The molecule has 1 heterocycles. The highest BCUT2D eigenvalue weighted by molar-refractivity contribution is 5.95. The molecule has 0 spiro atoms. The van der Waals surface area contributed by atoms with Crippen LogP contribution in [0.3, 0.4) is 0 Å². The zero-order valence-corrected chi connectivity index (χ0v) is 5.83. The first-order chi connectivity index (χ1) is 5.66. The molecule has 0 bridgehead atoms. The van der Waals surface area contributed by atoms with E-state index in [1.807, 2.05) is 0 Å². The van der Waals surface area contributed by atoms with Crippen LogP contribution in [0.25, 0.3) is 0 Å². The average molecular weight is 173 g/mol. The minimum Gasteiger partial charge on any atom is -0.409 e. The lowest BCUT2D eigenvalue weighted by atomic mass is 10.3. The first kappa shape index (κ1) is 8.38. The molecule has 0 radical (unpaired) electrons. The van der Waals surface area contributed by atoms with E-state index in [0.717, 1.165) is 12.3 Å². The van der Waals surface area contributed by atoms with Gasteiger partial charge in [-0.3, -0.25) is 0 Å². The largest absolute Gasteiger partial charge is 0.409 e. The Morgan fingerprint density at radius 3 is 2.83 bits per heavy atom. The molecule has 0 saturated carbocycles. The van der Waals surface area contributed by atoms with Gasteiger partial charge in [-0.2, -0.15) is 0 Å². The zero-order chi connectivity index (χ0) is 9.14. The summed E-state index contributed by atoms with van der Waals surface area (Å²) in [6.07, 6.45) is 1.02. The monoisotopic (exact) mass is 173 g/mol. The fourth-order valence-electron chi connectivity index (χ4n) is 0.646. The second-order valence-electron chi connectivity index (χ2n) is 1.94. The molecule has 0 fully saturated rings. The highest BCUT2D eigenvalue weighted by Crippen LogP contribution is 2.07. The summed E-state index contributed by atoms with van der Waals surface area (Å²) < 4.78 is 25.2. The van der Waals surface area contributed by atoms with Gasteiger partial charge >= 0.3 is 0 Å². The van der Waals surface area contributed by atoms with Crippen molar-refractivity contribution in [2.75, 3.05) is 0 Å². The summed E-state index contributed by atoms with van der Waals surface area (Å²) in [6.45, 7) is 0. The molecule has 4 nitrogen and oxygen atoms in total. The van der Waals surface area contributed by atoms with Crippen LogP contribution in [-0.2, 0) is 0 Å². The van der Waals surface area contributed by atoms with Crippen molar-refractivity contribution in [3.63, 3.8) is 0 Å². The predicted molar refractivity (Wildman–Crippen MR) is 36.7 cm³/mol. The number of nitrogens with zero attached hydrogens (tertiary/aromatic N) is 2. The summed E-state index contributed by atoms with van der Waals surface area (Å²) >= 11 is 0. The van der Waals surface area contributed by atoms with Gasteiger partial charge in [-0.1, -0.05) is 5.16 Å². The van der Waals surface area contributed by atoms with E-state index in [9.17, 15) is 8.78 Å². The number of oxime groups is 1. The van der Waals surface area contributed by atoms with E-state index in [-0.39, 0.29) is 0 Å². The number of hydrogen-bond acceptors (Lipinski definition) is 3. The van der Waals surface area contributed by atoms with Gasteiger partial charge in [0.05, 0.1) is 0 Å². The highest BCUT2D eigenvalue weighted by atomic mass is 19.2. The smallest absolute Gasteiger partial charge is 0.191 e. The Labute approximate surface area is 66.3 Å². The quantitative estimate of drug-likeness (QED) is 0.280. The fourth-order valence-corrected chi connectivity index (χ4v) is 0.646. The first-order valence-corrected chi connectivity index (χ1v) is 2.94. The van der Waals surface area contributed by atoms with Crippen molar-refractivity contribution in [1.29, 1.82) is 0 Å². The van der Waals surface area contributed by atoms with Gasteiger partial charge in [0.2, 0.25) is 0 Å². The van der Waals surface area contributed by atoms with Crippen molar-refractivity contribution >= 4 is 5.84 Å². The molecule has 64 valence electrons. The van der Waals surface area contributed by atoms with Gasteiger partial charge in [0, 0.05) is 6.20 Å². The number of nitrogens with two attached hydrogens (primary N) is 1. The maximum atomic E-state index is 12.7. The van der Waals surface area contributed by atoms with Gasteiger partial charge < -0.3 is 10.9 Å². The molecule has 0 atom stereocenters. The van der Waals surface area contributed by atoms with Crippen LogP contribution in [0, 0.1) is 11.6 Å². The van der Waals surface area contributed by atoms with Crippen molar-refractivity contribution in [2.45, 2.75) is 0 Å². The maximum absolute atomic E-state index is 12.7. The molecule has 1 aromatic heterocycles. The second-order valence-corrected chi connectivity index (χ2v) is 1.94. The number of rotatable bonds is 1. The molecule has 0 aliphatic carbocycles. The summed E-state index contributed by atoms with van der Waals surface area (Å²) in [5.74, 6) is -2.88. The van der Waals surface area contributed by atoms with Gasteiger partial charge in [-0.05, 0) is 6.07 Å². The van der Waals surface area contributed by atoms with E-state index >= 15 is 0 Å². The molecule has 0 unspecified atom stereocenters. The molecule has 1 aromatic rings. The van der Waals surface area contributed by atoms with Crippen LogP contribution in [0.5, 0.6) is 0 Å². The highest BCUT2D eigenvalue weighted by Gasteiger charge is 2.12. The Hall–Kier alpha value is -1.72.